The lowest BCUT2D eigenvalue weighted by atomic mass is 10.1. The van der Waals surface area contributed by atoms with E-state index in [0.29, 0.717) is 12.4 Å². The average Bonchev–Trinajstić information content (AvgIpc) is 2.83. The molecule has 3 rings (SSSR count). The summed E-state index contributed by atoms with van der Waals surface area (Å²) in [5.41, 5.74) is 10.4. The Kier molecular flexibility index (Phi) is 3.67. The molecule has 3 aromatic rings. The normalized spacial score (nSPS) is 10.8. The second-order valence-electron chi connectivity index (χ2n) is 5.11. The van der Waals surface area contributed by atoms with E-state index in [1.54, 1.807) is 4.68 Å². The van der Waals surface area contributed by atoms with Crippen LogP contribution in [0.25, 0.3) is 11.3 Å². The zero-order chi connectivity index (χ0) is 14.8. The number of aryl methyl sites for hydroxylation is 1. The van der Waals surface area contributed by atoms with Gasteiger partial charge < -0.3 is 5.73 Å². The number of benzene rings is 2. The first-order valence-corrected chi connectivity index (χ1v) is 7.14. The highest BCUT2D eigenvalue weighted by atomic mass is 35.5. The zero-order valence-electron chi connectivity index (χ0n) is 11.8. The lowest BCUT2D eigenvalue weighted by Gasteiger charge is -2.04. The van der Waals surface area contributed by atoms with Crippen molar-refractivity contribution in [2.24, 2.45) is 0 Å². The molecule has 0 aliphatic rings. The van der Waals surface area contributed by atoms with E-state index in [1.807, 2.05) is 42.5 Å². The Bertz CT molecular complexity index is 760. The highest BCUT2D eigenvalue weighted by Crippen LogP contribution is 2.22. The van der Waals surface area contributed by atoms with Gasteiger partial charge in [0.05, 0.1) is 12.2 Å². The molecular formula is C17H16ClN3. The molecule has 2 N–H and O–H groups in total. The van der Waals surface area contributed by atoms with Crippen LogP contribution >= 0.6 is 11.6 Å². The summed E-state index contributed by atoms with van der Waals surface area (Å²) in [6, 6.07) is 17.9. The third kappa shape index (κ3) is 3.09. The molecule has 1 heterocycles. The maximum Gasteiger partial charge on any atom is 0.122 e. The third-order valence-corrected chi connectivity index (χ3v) is 3.62. The fourth-order valence-electron chi connectivity index (χ4n) is 2.27. The second-order valence-corrected chi connectivity index (χ2v) is 5.54. The van der Waals surface area contributed by atoms with Crippen LogP contribution in [0.15, 0.2) is 54.6 Å². The number of hydrogen-bond donors (Lipinski definition) is 1. The quantitative estimate of drug-likeness (QED) is 0.789. The molecule has 0 aliphatic heterocycles. The molecule has 106 valence electrons. The van der Waals surface area contributed by atoms with Gasteiger partial charge >= 0.3 is 0 Å². The van der Waals surface area contributed by atoms with Crippen LogP contribution in [0.2, 0.25) is 5.02 Å². The van der Waals surface area contributed by atoms with Crippen molar-refractivity contribution in [1.82, 2.24) is 9.78 Å². The Morgan fingerprint density at radius 2 is 1.86 bits per heavy atom. The Labute approximate surface area is 129 Å². The van der Waals surface area contributed by atoms with Gasteiger partial charge in [0.15, 0.2) is 0 Å². The van der Waals surface area contributed by atoms with Crippen molar-refractivity contribution in [3.63, 3.8) is 0 Å². The van der Waals surface area contributed by atoms with E-state index in [0.717, 1.165) is 21.8 Å². The smallest absolute Gasteiger partial charge is 0.122 e. The molecule has 4 heteroatoms. The second kappa shape index (κ2) is 5.62. The number of aromatic nitrogens is 2. The molecule has 0 saturated heterocycles. The highest BCUT2D eigenvalue weighted by molar-refractivity contribution is 6.30. The SMILES string of the molecule is Cc1cccc(-c2cc(N)n(Cc3ccc(Cl)cc3)n2)c1. The number of rotatable bonds is 3. The summed E-state index contributed by atoms with van der Waals surface area (Å²) in [4.78, 5) is 0. The monoisotopic (exact) mass is 297 g/mol. The molecule has 0 aliphatic carbocycles. The molecule has 0 bridgehead atoms. The van der Waals surface area contributed by atoms with Crippen molar-refractivity contribution in [2.75, 3.05) is 5.73 Å². The maximum absolute atomic E-state index is 6.07. The number of nitrogen functional groups attached to an aromatic ring is 1. The fraction of sp³-hybridized carbons (Fsp3) is 0.118. The first-order valence-electron chi connectivity index (χ1n) is 6.76. The van der Waals surface area contributed by atoms with Crippen LogP contribution in [0, 0.1) is 6.92 Å². The van der Waals surface area contributed by atoms with E-state index in [1.165, 1.54) is 5.56 Å². The lowest BCUT2D eigenvalue weighted by molar-refractivity contribution is 0.700. The minimum Gasteiger partial charge on any atom is -0.384 e. The summed E-state index contributed by atoms with van der Waals surface area (Å²) in [6.45, 7) is 2.70. The van der Waals surface area contributed by atoms with Gasteiger partial charge in [-0.3, -0.25) is 0 Å². The third-order valence-electron chi connectivity index (χ3n) is 3.37. The van der Waals surface area contributed by atoms with E-state index in [9.17, 15) is 0 Å². The van der Waals surface area contributed by atoms with E-state index in [-0.39, 0.29) is 0 Å². The molecule has 1 aromatic heterocycles. The number of halogens is 1. The molecule has 3 nitrogen and oxygen atoms in total. The van der Waals surface area contributed by atoms with E-state index in [2.05, 4.69) is 24.2 Å². The van der Waals surface area contributed by atoms with Crippen LogP contribution < -0.4 is 5.73 Å². The summed E-state index contributed by atoms with van der Waals surface area (Å²) < 4.78 is 1.81. The standard InChI is InChI=1S/C17H16ClN3/c1-12-3-2-4-14(9-12)16-10-17(19)21(20-16)11-13-5-7-15(18)8-6-13/h2-10H,11,19H2,1H3. The minimum absolute atomic E-state index is 0.634. The summed E-state index contributed by atoms with van der Waals surface area (Å²) in [5.74, 6) is 0.654. The van der Waals surface area contributed by atoms with Crippen molar-refractivity contribution < 1.29 is 0 Å². The fourth-order valence-corrected chi connectivity index (χ4v) is 2.39. The van der Waals surface area contributed by atoms with Crippen LogP contribution in [-0.4, -0.2) is 9.78 Å². The van der Waals surface area contributed by atoms with Gasteiger partial charge in [-0.1, -0.05) is 47.5 Å². The molecule has 0 unspecified atom stereocenters. The zero-order valence-corrected chi connectivity index (χ0v) is 12.5. The Morgan fingerprint density at radius 3 is 2.57 bits per heavy atom. The van der Waals surface area contributed by atoms with E-state index in [4.69, 9.17) is 17.3 Å². The van der Waals surface area contributed by atoms with Crippen LogP contribution in [-0.2, 0) is 6.54 Å². The predicted octanol–water partition coefficient (Wildman–Crippen LogP) is 4.14. The van der Waals surface area contributed by atoms with Crippen LogP contribution in [0.5, 0.6) is 0 Å². The van der Waals surface area contributed by atoms with Gasteiger partial charge in [-0.2, -0.15) is 5.10 Å². The van der Waals surface area contributed by atoms with Crippen molar-refractivity contribution >= 4 is 17.4 Å². The molecule has 0 spiro atoms. The highest BCUT2D eigenvalue weighted by Gasteiger charge is 2.08. The van der Waals surface area contributed by atoms with Crippen LogP contribution in [0.4, 0.5) is 5.82 Å². The topological polar surface area (TPSA) is 43.8 Å². The number of nitrogens with zero attached hydrogens (tertiary/aromatic N) is 2. The molecule has 0 fully saturated rings. The maximum atomic E-state index is 6.07. The van der Waals surface area contributed by atoms with Gasteiger partial charge in [0.1, 0.15) is 5.82 Å². The van der Waals surface area contributed by atoms with Crippen molar-refractivity contribution in [2.45, 2.75) is 13.5 Å². The molecular weight excluding hydrogens is 282 g/mol. The van der Waals surface area contributed by atoms with Gasteiger partial charge in [0.25, 0.3) is 0 Å². The predicted molar refractivity (Wildman–Crippen MR) is 87.4 cm³/mol. The number of nitrogens with two attached hydrogens (primary N) is 1. The van der Waals surface area contributed by atoms with Crippen LogP contribution in [0.3, 0.4) is 0 Å². The van der Waals surface area contributed by atoms with Gasteiger partial charge in [-0.15, -0.1) is 0 Å². The van der Waals surface area contributed by atoms with E-state index >= 15 is 0 Å². The summed E-state index contributed by atoms with van der Waals surface area (Å²) in [5, 5.41) is 5.33. The number of hydrogen-bond acceptors (Lipinski definition) is 2. The molecule has 0 saturated carbocycles. The van der Waals surface area contributed by atoms with Gasteiger partial charge in [0.2, 0.25) is 0 Å². The minimum atomic E-state index is 0.634. The molecule has 0 amide bonds. The van der Waals surface area contributed by atoms with E-state index < -0.39 is 0 Å². The van der Waals surface area contributed by atoms with Gasteiger partial charge in [-0.25, -0.2) is 4.68 Å². The average molecular weight is 298 g/mol. The number of anilines is 1. The Morgan fingerprint density at radius 1 is 1.10 bits per heavy atom. The van der Waals surface area contributed by atoms with Crippen molar-refractivity contribution in [1.29, 1.82) is 0 Å². The first-order chi connectivity index (χ1) is 10.1. The van der Waals surface area contributed by atoms with Crippen molar-refractivity contribution in [3.8, 4) is 11.3 Å². The van der Waals surface area contributed by atoms with Crippen LogP contribution in [0.1, 0.15) is 11.1 Å². The summed E-state index contributed by atoms with van der Waals surface area (Å²) in [7, 11) is 0. The Hall–Kier alpha value is -2.26. The lowest BCUT2D eigenvalue weighted by Crippen LogP contribution is -2.05. The van der Waals surface area contributed by atoms with Gasteiger partial charge in [0, 0.05) is 16.7 Å². The summed E-state index contributed by atoms with van der Waals surface area (Å²) >= 11 is 5.90. The van der Waals surface area contributed by atoms with Gasteiger partial charge in [-0.05, 0) is 30.7 Å². The molecule has 21 heavy (non-hydrogen) atoms. The largest absolute Gasteiger partial charge is 0.384 e. The molecule has 0 atom stereocenters. The molecule has 0 radical (unpaired) electrons. The Balaban J connectivity index is 1.89. The van der Waals surface area contributed by atoms with Crippen molar-refractivity contribution in [3.05, 3.63) is 70.7 Å². The first kappa shape index (κ1) is 13.7. The summed E-state index contributed by atoms with van der Waals surface area (Å²) in [6.07, 6.45) is 0. The molecule has 2 aromatic carbocycles.